The number of nitrogens with one attached hydrogen (secondary N) is 1. The summed E-state index contributed by atoms with van der Waals surface area (Å²) in [6.45, 7) is 3.90. The van der Waals surface area contributed by atoms with Crippen molar-refractivity contribution >= 4 is 53.2 Å². The molecule has 0 amide bonds. The molecule has 1 aromatic heterocycles. The minimum absolute atomic E-state index is 0.340. The molecule has 0 aromatic carbocycles. The predicted octanol–water partition coefficient (Wildman–Crippen LogP) is 3.74. The van der Waals surface area contributed by atoms with E-state index >= 15 is 0 Å². The molecule has 98 valence electrons. The molecule has 0 saturated carbocycles. The zero-order chi connectivity index (χ0) is 13.1. The van der Waals surface area contributed by atoms with Gasteiger partial charge in [-0.05, 0) is 47.1 Å². The van der Waals surface area contributed by atoms with E-state index in [1.54, 1.807) is 11.4 Å². The van der Waals surface area contributed by atoms with Crippen molar-refractivity contribution in [3.05, 3.63) is 15.9 Å². The molecule has 1 rings (SSSR count). The van der Waals surface area contributed by atoms with E-state index in [4.69, 9.17) is 0 Å². The number of hydrogen-bond acceptors (Lipinski definition) is 3. The summed E-state index contributed by atoms with van der Waals surface area (Å²) < 4.78 is 28.2. The lowest BCUT2D eigenvalue weighted by molar-refractivity contribution is 0.393. The van der Waals surface area contributed by atoms with Gasteiger partial charge in [-0.1, -0.05) is 22.9 Å². The van der Waals surface area contributed by atoms with Gasteiger partial charge in [0.1, 0.15) is 4.21 Å². The third-order valence-corrected chi connectivity index (χ3v) is 7.34. The summed E-state index contributed by atoms with van der Waals surface area (Å²) >= 11 is 7.82. The van der Waals surface area contributed by atoms with Gasteiger partial charge in [-0.2, -0.15) is 0 Å². The average Bonchev–Trinajstić information content (AvgIpc) is 2.65. The Morgan fingerprint density at radius 3 is 2.59 bits per heavy atom. The highest BCUT2D eigenvalue weighted by Crippen LogP contribution is 2.29. The van der Waals surface area contributed by atoms with E-state index in [2.05, 4.69) is 36.6 Å². The van der Waals surface area contributed by atoms with Crippen LogP contribution in [0.15, 0.2) is 20.1 Å². The number of sulfonamides is 1. The maximum Gasteiger partial charge on any atom is 0.251 e. The number of alkyl halides is 1. The van der Waals surface area contributed by atoms with Crippen LogP contribution in [0.3, 0.4) is 0 Å². The van der Waals surface area contributed by atoms with Crippen LogP contribution < -0.4 is 4.72 Å². The minimum atomic E-state index is -3.44. The second-order valence-electron chi connectivity index (χ2n) is 4.01. The predicted molar refractivity (Wildman–Crippen MR) is 79.4 cm³/mol. The van der Waals surface area contributed by atoms with E-state index in [1.165, 1.54) is 11.3 Å². The topological polar surface area (TPSA) is 46.2 Å². The van der Waals surface area contributed by atoms with E-state index in [0.717, 1.165) is 18.2 Å². The fourth-order valence-corrected chi connectivity index (χ4v) is 6.07. The van der Waals surface area contributed by atoms with Crippen molar-refractivity contribution in [3.8, 4) is 0 Å². The molecule has 1 atom stereocenters. The van der Waals surface area contributed by atoms with Gasteiger partial charge in [0, 0.05) is 15.3 Å². The number of hydrogen-bond donors (Lipinski definition) is 1. The normalized spacial score (nSPS) is 15.8. The molecular formula is C10H15Br2NO2S2. The zero-order valence-corrected chi connectivity index (χ0v) is 14.5. The monoisotopic (exact) mass is 403 g/mol. The van der Waals surface area contributed by atoms with Gasteiger partial charge >= 0.3 is 0 Å². The molecule has 0 radical (unpaired) electrons. The third kappa shape index (κ3) is 4.02. The molecular weight excluding hydrogens is 390 g/mol. The van der Waals surface area contributed by atoms with Crippen LogP contribution >= 0.6 is 43.2 Å². The average molecular weight is 405 g/mol. The molecule has 1 heterocycles. The second-order valence-corrected chi connectivity index (χ2v) is 8.46. The van der Waals surface area contributed by atoms with Crippen molar-refractivity contribution in [3.63, 3.8) is 0 Å². The SMILES string of the molecule is CCC(C)(CCBr)NS(=O)(=O)c1sccc1Br. The van der Waals surface area contributed by atoms with E-state index < -0.39 is 15.6 Å². The van der Waals surface area contributed by atoms with Gasteiger partial charge in [0.15, 0.2) is 0 Å². The Kier molecular flexibility index (Phi) is 5.65. The van der Waals surface area contributed by atoms with E-state index in [0.29, 0.717) is 8.68 Å². The highest BCUT2D eigenvalue weighted by Gasteiger charge is 2.30. The lowest BCUT2D eigenvalue weighted by atomic mass is 9.98. The van der Waals surface area contributed by atoms with Crippen LogP contribution in [-0.2, 0) is 10.0 Å². The van der Waals surface area contributed by atoms with E-state index in [1.807, 2.05) is 13.8 Å². The number of halogens is 2. The first kappa shape index (κ1) is 15.6. The van der Waals surface area contributed by atoms with Crippen LogP contribution in [0.25, 0.3) is 0 Å². The quantitative estimate of drug-likeness (QED) is 0.734. The second kappa shape index (κ2) is 6.14. The molecule has 0 aliphatic rings. The third-order valence-electron chi connectivity index (χ3n) is 2.64. The Bertz CT molecular complexity index is 472. The molecule has 0 aliphatic heterocycles. The first-order chi connectivity index (χ1) is 7.84. The summed E-state index contributed by atoms with van der Waals surface area (Å²) in [4.78, 5) is 0. The fraction of sp³-hybridized carbons (Fsp3) is 0.600. The molecule has 3 nitrogen and oxygen atoms in total. The lowest BCUT2D eigenvalue weighted by Crippen LogP contribution is -2.45. The van der Waals surface area contributed by atoms with Crippen LogP contribution in [0.1, 0.15) is 26.7 Å². The van der Waals surface area contributed by atoms with Crippen molar-refractivity contribution in [1.82, 2.24) is 4.72 Å². The molecule has 1 unspecified atom stereocenters. The first-order valence-corrected chi connectivity index (χ1v) is 9.45. The Balaban J connectivity index is 2.98. The van der Waals surface area contributed by atoms with Crippen molar-refractivity contribution < 1.29 is 8.42 Å². The Labute approximate surface area is 123 Å². The van der Waals surface area contributed by atoms with Crippen molar-refractivity contribution in [2.75, 3.05) is 5.33 Å². The lowest BCUT2D eigenvalue weighted by Gasteiger charge is -2.28. The molecule has 0 bridgehead atoms. The van der Waals surface area contributed by atoms with Gasteiger partial charge in [0.2, 0.25) is 0 Å². The summed E-state index contributed by atoms with van der Waals surface area (Å²) in [5, 5.41) is 2.53. The van der Waals surface area contributed by atoms with Gasteiger partial charge in [-0.3, -0.25) is 0 Å². The summed E-state index contributed by atoms with van der Waals surface area (Å²) in [6.07, 6.45) is 1.51. The summed E-state index contributed by atoms with van der Waals surface area (Å²) in [5.41, 5.74) is -0.411. The number of rotatable bonds is 6. The van der Waals surface area contributed by atoms with Crippen LogP contribution in [0.5, 0.6) is 0 Å². The summed E-state index contributed by atoms with van der Waals surface area (Å²) in [5.74, 6) is 0. The molecule has 1 N–H and O–H groups in total. The Hall–Kier alpha value is 0.570. The van der Waals surface area contributed by atoms with E-state index in [9.17, 15) is 8.42 Å². The highest BCUT2D eigenvalue weighted by molar-refractivity contribution is 9.10. The minimum Gasteiger partial charge on any atom is -0.206 e. The smallest absolute Gasteiger partial charge is 0.206 e. The summed E-state index contributed by atoms with van der Waals surface area (Å²) in [7, 11) is -3.44. The van der Waals surface area contributed by atoms with Gasteiger partial charge in [-0.15, -0.1) is 11.3 Å². The molecule has 0 fully saturated rings. The van der Waals surface area contributed by atoms with Gasteiger partial charge < -0.3 is 0 Å². The molecule has 17 heavy (non-hydrogen) atoms. The first-order valence-electron chi connectivity index (χ1n) is 5.17. The maximum atomic E-state index is 12.2. The van der Waals surface area contributed by atoms with Crippen molar-refractivity contribution in [2.24, 2.45) is 0 Å². The summed E-state index contributed by atoms with van der Waals surface area (Å²) in [6, 6.07) is 1.74. The Morgan fingerprint density at radius 1 is 1.53 bits per heavy atom. The van der Waals surface area contributed by atoms with E-state index in [-0.39, 0.29) is 0 Å². The molecule has 0 saturated heterocycles. The van der Waals surface area contributed by atoms with Crippen molar-refractivity contribution in [1.29, 1.82) is 0 Å². The largest absolute Gasteiger partial charge is 0.251 e. The van der Waals surface area contributed by atoms with Crippen LogP contribution in [0.2, 0.25) is 0 Å². The molecule has 0 aliphatic carbocycles. The maximum absolute atomic E-state index is 12.2. The van der Waals surface area contributed by atoms with Crippen molar-refractivity contribution in [2.45, 2.75) is 36.4 Å². The van der Waals surface area contributed by atoms with Gasteiger partial charge in [-0.25, -0.2) is 13.1 Å². The molecule has 1 aromatic rings. The van der Waals surface area contributed by atoms with Gasteiger partial charge in [0.05, 0.1) is 0 Å². The fourth-order valence-electron chi connectivity index (χ4n) is 1.35. The zero-order valence-electron chi connectivity index (χ0n) is 9.66. The molecule has 7 heteroatoms. The van der Waals surface area contributed by atoms with Crippen LogP contribution in [0.4, 0.5) is 0 Å². The highest BCUT2D eigenvalue weighted by atomic mass is 79.9. The Morgan fingerprint density at radius 2 is 2.18 bits per heavy atom. The van der Waals surface area contributed by atoms with Crippen LogP contribution in [-0.4, -0.2) is 19.3 Å². The van der Waals surface area contributed by atoms with Crippen LogP contribution in [0, 0.1) is 0 Å². The molecule has 0 spiro atoms. The van der Waals surface area contributed by atoms with Gasteiger partial charge in [0.25, 0.3) is 10.0 Å². The standard InChI is InChI=1S/C10H15Br2NO2S2/c1-3-10(2,5-6-11)13-17(14,15)9-8(12)4-7-16-9/h4,7,13H,3,5-6H2,1-2H3. The number of thiophene rings is 1.